The molecule has 3 rings (SSSR count). The van der Waals surface area contributed by atoms with Crippen molar-refractivity contribution in [3.05, 3.63) is 30.3 Å². The minimum atomic E-state index is -0.0849. The number of hydrogen-bond donors (Lipinski definition) is 0. The average Bonchev–Trinajstić information content (AvgIpc) is 2.71. The molecule has 0 aliphatic heterocycles. The summed E-state index contributed by atoms with van der Waals surface area (Å²) < 4.78 is 0. The Morgan fingerprint density at radius 3 is 2.32 bits per heavy atom. The summed E-state index contributed by atoms with van der Waals surface area (Å²) in [6.07, 6.45) is 4.58. The Balaban J connectivity index is 1.98. The lowest BCUT2D eigenvalue weighted by molar-refractivity contribution is -0.127. The van der Waals surface area contributed by atoms with Gasteiger partial charge in [-0.2, -0.15) is 0 Å². The summed E-state index contributed by atoms with van der Waals surface area (Å²) in [5.41, 5.74) is 0.0865. The summed E-state index contributed by atoms with van der Waals surface area (Å²) in [4.78, 5) is 14.3. The van der Waals surface area contributed by atoms with Crippen LogP contribution in [0.1, 0.15) is 33.6 Å². The smallest absolute Gasteiger partial charge is 0.191 e. The summed E-state index contributed by atoms with van der Waals surface area (Å²) in [6, 6.07) is 10.6. The Hall–Kier alpha value is -0.760. The molecular weight excluding hydrogens is 252 g/mol. The Bertz CT molecular complexity index is 507. The van der Waals surface area contributed by atoms with Gasteiger partial charge in [0.2, 0.25) is 0 Å². The van der Waals surface area contributed by atoms with Gasteiger partial charge in [-0.3, -0.25) is 4.79 Å². The van der Waals surface area contributed by atoms with Crippen molar-refractivity contribution in [3.8, 4) is 0 Å². The van der Waals surface area contributed by atoms with Crippen LogP contribution in [-0.2, 0) is 15.7 Å². The normalized spacial score (nSPS) is 37.6. The van der Waals surface area contributed by atoms with Crippen LogP contribution in [0.5, 0.6) is 0 Å². The van der Waals surface area contributed by atoms with Crippen LogP contribution in [-0.4, -0.2) is 17.3 Å². The van der Waals surface area contributed by atoms with E-state index >= 15 is 0 Å². The number of ketones is 1. The van der Waals surface area contributed by atoms with E-state index in [1.807, 2.05) is 0 Å². The summed E-state index contributed by atoms with van der Waals surface area (Å²) >= 11 is 0. The van der Waals surface area contributed by atoms with Crippen molar-refractivity contribution in [2.45, 2.75) is 43.8 Å². The molecule has 2 saturated carbocycles. The molecule has 4 unspecified atom stereocenters. The second-order valence-corrected chi connectivity index (χ2v) is 8.95. The molecule has 2 heteroatoms. The number of carbonyl (C=O) groups is 1. The topological polar surface area (TPSA) is 17.1 Å². The molecular formula is C17H23OS+. The fourth-order valence-electron chi connectivity index (χ4n) is 4.19. The molecule has 0 aromatic heterocycles. The van der Waals surface area contributed by atoms with Crippen molar-refractivity contribution in [1.29, 1.82) is 0 Å². The van der Waals surface area contributed by atoms with Gasteiger partial charge in [-0.05, 0) is 30.4 Å². The van der Waals surface area contributed by atoms with Crippen LogP contribution in [0, 0.1) is 16.7 Å². The predicted molar refractivity (Wildman–Crippen MR) is 81.4 cm³/mol. The zero-order valence-corrected chi connectivity index (χ0v) is 13.1. The second-order valence-electron chi connectivity index (χ2n) is 6.85. The van der Waals surface area contributed by atoms with Crippen LogP contribution >= 0.6 is 0 Å². The van der Waals surface area contributed by atoms with E-state index in [4.69, 9.17) is 0 Å². The van der Waals surface area contributed by atoms with E-state index in [2.05, 4.69) is 57.4 Å². The van der Waals surface area contributed by atoms with E-state index in [9.17, 15) is 4.79 Å². The SMILES string of the molecule is C[S+](c1ccccc1)C1C(=O)C2(C)CCC1C2(C)C. The molecule has 0 amide bonds. The molecule has 2 aliphatic carbocycles. The first kappa shape index (κ1) is 13.2. The third-order valence-corrected chi connectivity index (χ3v) is 8.29. The maximum Gasteiger partial charge on any atom is 0.191 e. The largest absolute Gasteiger partial charge is 0.293 e. The monoisotopic (exact) mass is 275 g/mol. The highest BCUT2D eigenvalue weighted by atomic mass is 32.2. The van der Waals surface area contributed by atoms with Gasteiger partial charge in [-0.15, -0.1) is 0 Å². The van der Waals surface area contributed by atoms with Crippen LogP contribution in [0.25, 0.3) is 0 Å². The standard InChI is InChI=1S/C17H23OS/c1-16(2)13-10-11-17(16,3)15(18)14(13)19(4)12-8-6-5-7-9-12/h5-9,13-14H,10-11H2,1-4H3/q+1. The Morgan fingerprint density at radius 2 is 1.79 bits per heavy atom. The van der Waals surface area contributed by atoms with E-state index in [0.717, 1.165) is 6.42 Å². The Kier molecular flexibility index (Phi) is 2.87. The number of hydrogen-bond acceptors (Lipinski definition) is 1. The molecule has 0 radical (unpaired) electrons. The molecule has 1 aromatic rings. The van der Waals surface area contributed by atoms with Gasteiger partial charge in [0, 0.05) is 22.2 Å². The van der Waals surface area contributed by atoms with Crippen molar-refractivity contribution in [3.63, 3.8) is 0 Å². The molecule has 0 N–H and O–H groups in total. The molecule has 2 fully saturated rings. The highest BCUT2D eigenvalue weighted by Crippen LogP contribution is 2.65. The number of rotatable bonds is 2. The third kappa shape index (κ3) is 1.59. The summed E-state index contributed by atoms with van der Waals surface area (Å²) in [6.45, 7) is 6.83. The first-order chi connectivity index (χ1) is 8.89. The van der Waals surface area contributed by atoms with E-state index < -0.39 is 0 Å². The fourth-order valence-corrected chi connectivity index (χ4v) is 6.62. The zero-order valence-electron chi connectivity index (χ0n) is 12.3. The lowest BCUT2D eigenvalue weighted by atomic mass is 9.70. The number of fused-ring (bicyclic) bond motifs is 2. The van der Waals surface area contributed by atoms with Crippen LogP contribution in [0.2, 0.25) is 0 Å². The van der Waals surface area contributed by atoms with Crippen molar-refractivity contribution in [1.82, 2.24) is 0 Å². The minimum Gasteiger partial charge on any atom is -0.293 e. The molecule has 102 valence electrons. The molecule has 0 saturated heterocycles. The lowest BCUT2D eigenvalue weighted by Gasteiger charge is -2.31. The van der Waals surface area contributed by atoms with Gasteiger partial charge in [-0.25, -0.2) is 0 Å². The molecule has 4 atom stereocenters. The quantitative estimate of drug-likeness (QED) is 0.752. The zero-order chi connectivity index (χ0) is 13.8. The van der Waals surface area contributed by atoms with Gasteiger partial charge < -0.3 is 0 Å². The van der Waals surface area contributed by atoms with Gasteiger partial charge in [0.1, 0.15) is 6.26 Å². The Labute approximate surface area is 119 Å². The summed E-state index contributed by atoms with van der Waals surface area (Å²) in [5, 5.41) is 0.246. The summed E-state index contributed by atoms with van der Waals surface area (Å²) in [5.74, 6) is 1.10. The number of carbonyl (C=O) groups excluding carboxylic acids is 1. The summed E-state index contributed by atoms with van der Waals surface area (Å²) in [7, 11) is 0.0396. The molecule has 0 spiro atoms. The van der Waals surface area contributed by atoms with Gasteiger partial charge >= 0.3 is 0 Å². The van der Waals surface area contributed by atoms with Gasteiger partial charge in [0.25, 0.3) is 0 Å². The minimum absolute atomic E-state index is 0.0396. The van der Waals surface area contributed by atoms with E-state index in [-0.39, 0.29) is 27.0 Å². The van der Waals surface area contributed by atoms with Crippen molar-refractivity contribution >= 4 is 16.7 Å². The maximum atomic E-state index is 12.9. The van der Waals surface area contributed by atoms with Gasteiger partial charge in [-0.1, -0.05) is 39.0 Å². The van der Waals surface area contributed by atoms with E-state index in [1.54, 1.807) is 0 Å². The molecule has 19 heavy (non-hydrogen) atoms. The molecule has 0 heterocycles. The first-order valence-electron chi connectivity index (χ1n) is 7.14. The lowest BCUT2D eigenvalue weighted by Crippen LogP contribution is -2.38. The van der Waals surface area contributed by atoms with Crippen molar-refractivity contribution < 1.29 is 4.79 Å². The van der Waals surface area contributed by atoms with Crippen LogP contribution < -0.4 is 0 Å². The first-order valence-corrected chi connectivity index (χ1v) is 8.83. The van der Waals surface area contributed by atoms with Crippen LogP contribution in [0.4, 0.5) is 0 Å². The molecule has 2 aliphatic rings. The van der Waals surface area contributed by atoms with Crippen molar-refractivity contribution in [2.24, 2.45) is 16.7 Å². The average molecular weight is 275 g/mol. The van der Waals surface area contributed by atoms with Crippen molar-refractivity contribution in [2.75, 3.05) is 6.26 Å². The molecule has 2 bridgehead atoms. The highest BCUT2D eigenvalue weighted by molar-refractivity contribution is 7.97. The number of Topliss-reactive ketones (excluding diaryl/α,β-unsaturated/α-hetero) is 1. The van der Waals surface area contributed by atoms with Crippen LogP contribution in [0.3, 0.4) is 0 Å². The second kappa shape index (κ2) is 4.12. The predicted octanol–water partition coefficient (Wildman–Crippen LogP) is 3.69. The third-order valence-electron chi connectivity index (χ3n) is 5.97. The maximum absolute atomic E-state index is 12.9. The Morgan fingerprint density at radius 1 is 1.16 bits per heavy atom. The highest BCUT2D eigenvalue weighted by Gasteiger charge is 2.70. The van der Waals surface area contributed by atoms with E-state index in [1.165, 1.54) is 11.3 Å². The molecule has 1 nitrogen and oxygen atoms in total. The van der Waals surface area contributed by atoms with E-state index in [0.29, 0.717) is 11.7 Å². The van der Waals surface area contributed by atoms with Gasteiger partial charge in [0.05, 0.1) is 0 Å². The molecule has 1 aromatic carbocycles. The fraction of sp³-hybridized carbons (Fsp3) is 0.588. The van der Waals surface area contributed by atoms with Gasteiger partial charge in [0.15, 0.2) is 15.9 Å². The number of benzene rings is 1. The van der Waals surface area contributed by atoms with Crippen LogP contribution in [0.15, 0.2) is 35.2 Å².